The summed E-state index contributed by atoms with van der Waals surface area (Å²) in [4.78, 5) is 19.5. The lowest BCUT2D eigenvalue weighted by Gasteiger charge is -2.42. The second-order valence-corrected chi connectivity index (χ2v) is 6.39. The molecule has 0 aromatic carbocycles. The third-order valence-corrected chi connectivity index (χ3v) is 4.29. The third-order valence-electron chi connectivity index (χ3n) is 4.29. The van der Waals surface area contributed by atoms with Crippen molar-refractivity contribution in [3.8, 4) is 0 Å². The van der Waals surface area contributed by atoms with Crippen molar-refractivity contribution in [2.75, 3.05) is 12.3 Å². The van der Waals surface area contributed by atoms with Gasteiger partial charge in [-0.2, -0.15) is 0 Å². The Morgan fingerprint density at radius 2 is 2.00 bits per heavy atom. The molecule has 1 aliphatic rings. The maximum Gasteiger partial charge on any atom is 0.341 e. The molecule has 1 aliphatic carbocycles. The Balaban J connectivity index is 2.35. The molecule has 1 fully saturated rings. The van der Waals surface area contributed by atoms with Gasteiger partial charge in [0.15, 0.2) is 5.82 Å². The molecular formula is C15H23N3O3. The molecule has 21 heavy (non-hydrogen) atoms. The Bertz CT molecular complexity index is 533. The zero-order chi connectivity index (χ0) is 15.7. The van der Waals surface area contributed by atoms with Gasteiger partial charge in [-0.1, -0.05) is 13.8 Å². The first-order valence-corrected chi connectivity index (χ1v) is 7.30. The highest BCUT2D eigenvalue weighted by molar-refractivity contribution is 5.92. The Morgan fingerprint density at radius 1 is 1.38 bits per heavy atom. The number of carboxylic acid groups (broad SMARTS) is 1. The predicted molar refractivity (Wildman–Crippen MR) is 79.0 cm³/mol. The molecule has 0 radical (unpaired) electrons. The lowest BCUT2D eigenvalue weighted by Crippen LogP contribution is -2.39. The van der Waals surface area contributed by atoms with Gasteiger partial charge in [-0.25, -0.2) is 14.8 Å². The fourth-order valence-electron chi connectivity index (χ4n) is 2.82. The van der Waals surface area contributed by atoms with Gasteiger partial charge in [0.05, 0.1) is 0 Å². The van der Waals surface area contributed by atoms with E-state index in [0.29, 0.717) is 12.4 Å². The molecule has 0 saturated heterocycles. The van der Waals surface area contributed by atoms with Gasteiger partial charge >= 0.3 is 5.97 Å². The van der Waals surface area contributed by atoms with Crippen molar-refractivity contribution in [3.63, 3.8) is 0 Å². The van der Waals surface area contributed by atoms with E-state index < -0.39 is 11.6 Å². The summed E-state index contributed by atoms with van der Waals surface area (Å²) in [7, 11) is 0. The largest absolute Gasteiger partial charge is 0.477 e. The molecule has 6 nitrogen and oxygen atoms in total. The van der Waals surface area contributed by atoms with Gasteiger partial charge in [-0.15, -0.1) is 0 Å². The van der Waals surface area contributed by atoms with E-state index in [4.69, 9.17) is 15.6 Å². The van der Waals surface area contributed by atoms with Crippen LogP contribution in [0.1, 0.15) is 62.6 Å². The molecule has 0 amide bonds. The number of anilines is 1. The van der Waals surface area contributed by atoms with Crippen LogP contribution in [0.15, 0.2) is 6.20 Å². The number of nitrogen functional groups attached to an aromatic ring is 1. The molecule has 1 heterocycles. The minimum Gasteiger partial charge on any atom is -0.477 e. The Morgan fingerprint density at radius 3 is 2.48 bits per heavy atom. The molecular weight excluding hydrogens is 270 g/mol. The van der Waals surface area contributed by atoms with Crippen LogP contribution >= 0.6 is 0 Å². The number of nitrogens with two attached hydrogens (primary N) is 1. The maximum atomic E-state index is 11.0. The number of ether oxygens (including phenoxy) is 1. The molecule has 0 aliphatic heterocycles. The minimum absolute atomic E-state index is 0.00332. The highest BCUT2D eigenvalue weighted by atomic mass is 16.5. The molecule has 0 unspecified atom stereocenters. The fraction of sp³-hybridized carbons (Fsp3) is 0.667. The summed E-state index contributed by atoms with van der Waals surface area (Å²) < 4.78 is 5.98. The Hall–Kier alpha value is -1.69. The van der Waals surface area contributed by atoms with Gasteiger partial charge in [0.25, 0.3) is 0 Å². The second kappa shape index (κ2) is 5.60. The molecule has 1 aromatic rings. The summed E-state index contributed by atoms with van der Waals surface area (Å²) in [5.41, 5.74) is 5.42. The molecule has 0 atom stereocenters. The highest BCUT2D eigenvalue weighted by Gasteiger charge is 2.42. The Labute approximate surface area is 124 Å². The van der Waals surface area contributed by atoms with E-state index >= 15 is 0 Å². The van der Waals surface area contributed by atoms with E-state index in [1.165, 1.54) is 6.20 Å². The number of carboxylic acids is 1. The Kier molecular flexibility index (Phi) is 4.18. The van der Waals surface area contributed by atoms with E-state index in [9.17, 15) is 4.79 Å². The van der Waals surface area contributed by atoms with Crippen LogP contribution in [0.5, 0.6) is 0 Å². The summed E-state index contributed by atoms with van der Waals surface area (Å²) in [6.45, 7) is 6.98. The summed E-state index contributed by atoms with van der Waals surface area (Å²) in [5, 5.41) is 9.01. The number of rotatable bonds is 4. The van der Waals surface area contributed by atoms with Crippen LogP contribution in [-0.2, 0) is 10.3 Å². The van der Waals surface area contributed by atoms with Crippen LogP contribution < -0.4 is 5.73 Å². The van der Waals surface area contributed by atoms with E-state index in [0.717, 1.165) is 25.7 Å². The maximum absolute atomic E-state index is 11.0. The van der Waals surface area contributed by atoms with Crippen LogP contribution in [0.3, 0.4) is 0 Å². The number of aromatic carboxylic acids is 1. The lowest BCUT2D eigenvalue weighted by atomic mass is 9.70. The zero-order valence-corrected chi connectivity index (χ0v) is 12.8. The van der Waals surface area contributed by atoms with Gasteiger partial charge < -0.3 is 15.6 Å². The van der Waals surface area contributed by atoms with Crippen molar-refractivity contribution in [1.29, 1.82) is 0 Å². The molecule has 0 spiro atoms. The topological polar surface area (TPSA) is 98.3 Å². The summed E-state index contributed by atoms with van der Waals surface area (Å²) in [6, 6.07) is 0. The summed E-state index contributed by atoms with van der Waals surface area (Å²) in [5.74, 6) is -0.618. The first-order chi connectivity index (χ1) is 9.80. The SMILES string of the molecule is CCOC1(c2ncc(C(=O)O)c(N)n2)CCC(C)(C)CC1. The van der Waals surface area contributed by atoms with E-state index in [-0.39, 0.29) is 16.8 Å². The van der Waals surface area contributed by atoms with Crippen molar-refractivity contribution in [2.24, 2.45) is 5.41 Å². The summed E-state index contributed by atoms with van der Waals surface area (Å²) in [6.07, 6.45) is 4.94. The quantitative estimate of drug-likeness (QED) is 0.885. The zero-order valence-electron chi connectivity index (χ0n) is 12.8. The van der Waals surface area contributed by atoms with Crippen molar-refractivity contribution >= 4 is 11.8 Å². The van der Waals surface area contributed by atoms with Crippen LogP contribution in [0, 0.1) is 5.41 Å². The van der Waals surface area contributed by atoms with Gasteiger partial charge in [0.2, 0.25) is 0 Å². The van der Waals surface area contributed by atoms with Crippen LogP contribution in [0.4, 0.5) is 5.82 Å². The van der Waals surface area contributed by atoms with E-state index in [1.54, 1.807) is 0 Å². The van der Waals surface area contributed by atoms with Crippen LogP contribution in [-0.4, -0.2) is 27.7 Å². The molecule has 1 aromatic heterocycles. The van der Waals surface area contributed by atoms with Gasteiger partial charge in [-0.05, 0) is 38.0 Å². The molecule has 3 N–H and O–H groups in total. The van der Waals surface area contributed by atoms with Crippen molar-refractivity contribution < 1.29 is 14.6 Å². The van der Waals surface area contributed by atoms with Crippen molar-refractivity contribution in [1.82, 2.24) is 9.97 Å². The molecule has 116 valence electrons. The van der Waals surface area contributed by atoms with E-state index in [1.807, 2.05) is 6.92 Å². The average Bonchev–Trinajstić information content (AvgIpc) is 2.41. The number of carbonyl (C=O) groups is 1. The first-order valence-electron chi connectivity index (χ1n) is 7.30. The highest BCUT2D eigenvalue weighted by Crippen LogP contribution is 2.46. The second-order valence-electron chi connectivity index (χ2n) is 6.39. The normalized spacial score (nSPS) is 20.1. The first kappa shape index (κ1) is 15.7. The molecule has 2 rings (SSSR count). The van der Waals surface area contributed by atoms with Crippen LogP contribution in [0.2, 0.25) is 0 Å². The van der Waals surface area contributed by atoms with Crippen molar-refractivity contribution in [2.45, 2.75) is 52.1 Å². The molecule has 6 heteroatoms. The monoisotopic (exact) mass is 293 g/mol. The van der Waals surface area contributed by atoms with Gasteiger partial charge in [0, 0.05) is 12.8 Å². The number of hydrogen-bond donors (Lipinski definition) is 2. The minimum atomic E-state index is -1.12. The predicted octanol–water partition coefficient (Wildman–Crippen LogP) is 2.59. The smallest absolute Gasteiger partial charge is 0.341 e. The van der Waals surface area contributed by atoms with E-state index in [2.05, 4.69) is 23.8 Å². The number of nitrogens with zero attached hydrogens (tertiary/aromatic N) is 2. The summed E-state index contributed by atoms with van der Waals surface area (Å²) >= 11 is 0. The number of aromatic nitrogens is 2. The third kappa shape index (κ3) is 3.15. The molecule has 0 bridgehead atoms. The average molecular weight is 293 g/mol. The standard InChI is InChI=1S/C15H23N3O3/c1-4-21-15(7-5-14(2,3)6-8-15)13-17-9-10(12(19)20)11(16)18-13/h9H,4-8H2,1-3H3,(H,19,20)(H2,16,17,18). The lowest BCUT2D eigenvalue weighted by molar-refractivity contribution is -0.0947. The van der Waals surface area contributed by atoms with Crippen molar-refractivity contribution in [3.05, 3.63) is 17.6 Å². The van der Waals surface area contributed by atoms with Crippen LogP contribution in [0.25, 0.3) is 0 Å². The number of hydrogen-bond acceptors (Lipinski definition) is 5. The van der Waals surface area contributed by atoms with Gasteiger partial charge in [0.1, 0.15) is 17.0 Å². The van der Waals surface area contributed by atoms with Gasteiger partial charge in [-0.3, -0.25) is 0 Å². The fourth-order valence-corrected chi connectivity index (χ4v) is 2.82. The molecule has 1 saturated carbocycles.